The van der Waals surface area contributed by atoms with Gasteiger partial charge in [-0.15, -0.1) is 0 Å². The van der Waals surface area contributed by atoms with E-state index in [1.165, 1.54) is 5.39 Å². The molecule has 6 aromatic carbocycles. The molecule has 0 N–H and O–H groups in total. The van der Waals surface area contributed by atoms with Crippen LogP contribution in [0.25, 0.3) is 82.2 Å². The van der Waals surface area contributed by atoms with E-state index >= 15 is 0 Å². The van der Waals surface area contributed by atoms with Crippen molar-refractivity contribution in [3.05, 3.63) is 133 Å². The molecule has 4 nitrogen and oxygen atoms in total. The van der Waals surface area contributed by atoms with Crippen LogP contribution in [-0.2, 0) is 0 Å². The van der Waals surface area contributed by atoms with E-state index in [2.05, 4.69) is 102 Å². The lowest BCUT2D eigenvalue weighted by molar-refractivity contribution is 0.669. The zero-order chi connectivity index (χ0) is 27.8. The van der Waals surface area contributed by atoms with Gasteiger partial charge in [0.05, 0.1) is 28.2 Å². The Morgan fingerprint density at radius 3 is 2.29 bits per heavy atom. The quantitative estimate of drug-likeness (QED) is 0.207. The summed E-state index contributed by atoms with van der Waals surface area (Å²) in [5, 5.41) is 17.6. The molecule has 0 aliphatic heterocycles. The molecule has 194 valence electrons. The number of para-hydroxylation sites is 3. The van der Waals surface area contributed by atoms with Gasteiger partial charge >= 0.3 is 0 Å². The zero-order valence-electron chi connectivity index (χ0n) is 22.4. The fourth-order valence-electron chi connectivity index (χ4n) is 6.59. The van der Waals surface area contributed by atoms with Crippen molar-refractivity contribution >= 4 is 65.4 Å². The van der Waals surface area contributed by atoms with Crippen LogP contribution in [0, 0.1) is 11.3 Å². The summed E-state index contributed by atoms with van der Waals surface area (Å²) in [6.45, 7) is 0. The Morgan fingerprint density at radius 1 is 0.619 bits per heavy atom. The summed E-state index contributed by atoms with van der Waals surface area (Å²) in [7, 11) is 0. The topological polar surface area (TPSA) is 54.8 Å². The van der Waals surface area contributed by atoms with E-state index in [4.69, 9.17) is 9.40 Å². The number of aromatic nitrogens is 2. The second-order valence-corrected chi connectivity index (χ2v) is 10.7. The number of rotatable bonds is 2. The molecule has 0 unspecified atom stereocenters. The molecule has 0 aliphatic carbocycles. The average molecular weight is 536 g/mol. The molecule has 9 rings (SSSR count). The second kappa shape index (κ2) is 8.54. The first-order valence-corrected chi connectivity index (χ1v) is 13.9. The SMILES string of the molecule is N#Cc1ccnc2c1c(-c1ccc3c(c1)c1ccccc1n3-c1ccccc1)cc1cc3oc4ccccc4c3cc12. The van der Waals surface area contributed by atoms with Gasteiger partial charge < -0.3 is 8.98 Å². The summed E-state index contributed by atoms with van der Waals surface area (Å²) in [6.07, 6.45) is 1.73. The van der Waals surface area contributed by atoms with Gasteiger partial charge in [0.1, 0.15) is 11.2 Å². The van der Waals surface area contributed by atoms with Crippen molar-refractivity contribution in [1.29, 1.82) is 5.26 Å². The summed E-state index contributed by atoms with van der Waals surface area (Å²) >= 11 is 0. The maximum Gasteiger partial charge on any atom is 0.136 e. The highest BCUT2D eigenvalue weighted by molar-refractivity contribution is 6.20. The Balaban J connectivity index is 1.38. The third-order valence-corrected chi connectivity index (χ3v) is 8.44. The summed E-state index contributed by atoms with van der Waals surface area (Å²) in [5.74, 6) is 0. The Hall–Kier alpha value is -5.92. The van der Waals surface area contributed by atoms with Gasteiger partial charge in [-0.2, -0.15) is 5.26 Å². The highest BCUT2D eigenvalue weighted by Crippen LogP contribution is 2.41. The predicted octanol–water partition coefficient (Wildman–Crippen LogP) is 9.92. The molecule has 0 aliphatic rings. The van der Waals surface area contributed by atoms with Gasteiger partial charge in [0.2, 0.25) is 0 Å². The maximum absolute atomic E-state index is 10.2. The van der Waals surface area contributed by atoms with E-state index < -0.39 is 0 Å². The van der Waals surface area contributed by atoms with Crippen LogP contribution < -0.4 is 0 Å². The number of nitrogens with zero attached hydrogens (tertiary/aromatic N) is 3. The van der Waals surface area contributed by atoms with Gasteiger partial charge in [0, 0.05) is 44.2 Å². The molecule has 3 heterocycles. The average Bonchev–Trinajstić information content (AvgIpc) is 3.58. The van der Waals surface area contributed by atoms with Crippen LogP contribution in [0.1, 0.15) is 5.56 Å². The highest BCUT2D eigenvalue weighted by atomic mass is 16.3. The van der Waals surface area contributed by atoms with Crippen LogP contribution in [0.15, 0.2) is 132 Å². The number of benzene rings is 6. The Morgan fingerprint density at radius 2 is 1.40 bits per heavy atom. The van der Waals surface area contributed by atoms with Crippen molar-refractivity contribution in [2.75, 3.05) is 0 Å². The van der Waals surface area contributed by atoms with E-state index in [0.29, 0.717) is 5.56 Å². The minimum Gasteiger partial charge on any atom is -0.456 e. The number of fused-ring (bicyclic) bond motifs is 9. The number of hydrogen-bond acceptors (Lipinski definition) is 3. The maximum atomic E-state index is 10.2. The Bertz CT molecular complexity index is 2580. The molecular formula is C38H21N3O. The molecular weight excluding hydrogens is 514 g/mol. The first-order chi connectivity index (χ1) is 20.8. The van der Waals surface area contributed by atoms with Crippen molar-refractivity contribution in [3.63, 3.8) is 0 Å². The summed E-state index contributed by atoms with van der Waals surface area (Å²) < 4.78 is 8.55. The normalized spacial score (nSPS) is 11.8. The Kier molecular flexibility index (Phi) is 4.65. The van der Waals surface area contributed by atoms with Crippen LogP contribution in [0.5, 0.6) is 0 Å². The largest absolute Gasteiger partial charge is 0.456 e. The molecule has 0 saturated carbocycles. The third-order valence-electron chi connectivity index (χ3n) is 8.44. The second-order valence-electron chi connectivity index (χ2n) is 10.7. The molecule has 0 saturated heterocycles. The molecule has 3 aromatic heterocycles. The predicted molar refractivity (Wildman–Crippen MR) is 171 cm³/mol. The molecule has 0 amide bonds. The zero-order valence-corrected chi connectivity index (χ0v) is 22.4. The molecule has 4 heteroatoms. The Labute approximate surface area is 240 Å². The molecule has 0 radical (unpaired) electrons. The number of pyridine rings is 1. The van der Waals surface area contributed by atoms with Crippen LogP contribution in [0.4, 0.5) is 0 Å². The van der Waals surface area contributed by atoms with Gasteiger partial charge in [0.25, 0.3) is 0 Å². The lowest BCUT2D eigenvalue weighted by Gasteiger charge is -2.13. The van der Waals surface area contributed by atoms with Gasteiger partial charge in [-0.05, 0) is 77.2 Å². The van der Waals surface area contributed by atoms with Crippen molar-refractivity contribution in [2.24, 2.45) is 0 Å². The van der Waals surface area contributed by atoms with Crippen LogP contribution in [0.2, 0.25) is 0 Å². The fourth-order valence-corrected chi connectivity index (χ4v) is 6.59. The van der Waals surface area contributed by atoms with Crippen molar-refractivity contribution in [1.82, 2.24) is 9.55 Å². The molecule has 0 spiro atoms. The van der Waals surface area contributed by atoms with Crippen molar-refractivity contribution in [3.8, 4) is 22.9 Å². The van der Waals surface area contributed by atoms with E-state index in [1.54, 1.807) is 6.20 Å². The monoisotopic (exact) mass is 535 g/mol. The van der Waals surface area contributed by atoms with E-state index in [9.17, 15) is 5.26 Å². The smallest absolute Gasteiger partial charge is 0.136 e. The standard InChI is InChI=1S/C38H21N3O/c39-22-24-16-17-40-38-30-21-32-28-11-5-7-13-35(28)42-36(32)20-25(30)19-29(37(24)38)23-14-15-34-31(18-23)27-10-4-6-12-33(27)41(34)26-8-2-1-3-9-26/h1-21H. The van der Waals surface area contributed by atoms with Crippen LogP contribution in [-0.4, -0.2) is 9.55 Å². The number of nitriles is 1. The number of hydrogen-bond donors (Lipinski definition) is 0. The fraction of sp³-hybridized carbons (Fsp3) is 0. The first kappa shape index (κ1) is 22.9. The van der Waals surface area contributed by atoms with Gasteiger partial charge in [-0.1, -0.05) is 60.7 Å². The highest BCUT2D eigenvalue weighted by Gasteiger charge is 2.18. The van der Waals surface area contributed by atoms with Gasteiger partial charge in [-0.25, -0.2) is 0 Å². The van der Waals surface area contributed by atoms with E-state index in [-0.39, 0.29) is 0 Å². The molecule has 0 atom stereocenters. The molecule has 42 heavy (non-hydrogen) atoms. The van der Waals surface area contributed by atoms with E-state index in [0.717, 1.165) is 76.8 Å². The lowest BCUT2D eigenvalue weighted by atomic mass is 9.92. The van der Waals surface area contributed by atoms with Gasteiger partial charge in [0.15, 0.2) is 0 Å². The third kappa shape index (κ3) is 3.13. The lowest BCUT2D eigenvalue weighted by Crippen LogP contribution is -1.93. The van der Waals surface area contributed by atoms with Crippen molar-refractivity contribution < 1.29 is 4.42 Å². The van der Waals surface area contributed by atoms with Crippen molar-refractivity contribution in [2.45, 2.75) is 0 Å². The molecule has 9 aromatic rings. The minimum atomic E-state index is 0.612. The number of furan rings is 1. The molecule has 0 fully saturated rings. The molecule has 0 bridgehead atoms. The van der Waals surface area contributed by atoms with Crippen LogP contribution in [0.3, 0.4) is 0 Å². The minimum absolute atomic E-state index is 0.612. The van der Waals surface area contributed by atoms with Gasteiger partial charge in [-0.3, -0.25) is 4.98 Å². The summed E-state index contributed by atoms with van der Waals surface area (Å²) in [6, 6.07) is 44.4. The van der Waals surface area contributed by atoms with E-state index in [1.807, 2.05) is 30.3 Å². The van der Waals surface area contributed by atoms with Crippen LogP contribution >= 0.6 is 0 Å². The summed E-state index contributed by atoms with van der Waals surface area (Å²) in [5.41, 5.74) is 8.57. The summed E-state index contributed by atoms with van der Waals surface area (Å²) in [4.78, 5) is 4.85. The first-order valence-electron chi connectivity index (χ1n) is 13.9.